The average molecular weight is 184 g/mol. The molecule has 1 aliphatic rings. The first-order valence-corrected chi connectivity index (χ1v) is 5.47. The molecular formula is C11H24N2. The van der Waals surface area contributed by atoms with Crippen molar-refractivity contribution >= 4 is 0 Å². The van der Waals surface area contributed by atoms with E-state index in [9.17, 15) is 0 Å². The summed E-state index contributed by atoms with van der Waals surface area (Å²) in [5, 5.41) is 7.13. The monoisotopic (exact) mass is 184 g/mol. The molecule has 0 aromatic carbocycles. The zero-order valence-corrected chi connectivity index (χ0v) is 9.48. The van der Waals surface area contributed by atoms with Crippen molar-refractivity contribution in [3.8, 4) is 0 Å². The fraction of sp³-hybridized carbons (Fsp3) is 1.00. The Morgan fingerprint density at radius 1 is 1.38 bits per heavy atom. The van der Waals surface area contributed by atoms with E-state index < -0.39 is 0 Å². The molecule has 2 nitrogen and oxygen atoms in total. The Hall–Kier alpha value is -0.0800. The van der Waals surface area contributed by atoms with E-state index in [-0.39, 0.29) is 0 Å². The Morgan fingerprint density at radius 2 is 2.08 bits per heavy atom. The van der Waals surface area contributed by atoms with Gasteiger partial charge < -0.3 is 10.6 Å². The first-order chi connectivity index (χ1) is 6.00. The molecule has 1 fully saturated rings. The van der Waals surface area contributed by atoms with Crippen LogP contribution in [-0.2, 0) is 0 Å². The van der Waals surface area contributed by atoms with Crippen molar-refractivity contribution in [3.05, 3.63) is 0 Å². The highest BCUT2D eigenvalue weighted by Crippen LogP contribution is 2.19. The predicted molar refractivity (Wildman–Crippen MR) is 57.9 cm³/mol. The molecule has 0 aromatic heterocycles. The molecule has 0 bridgehead atoms. The maximum atomic E-state index is 3.70. The third-order valence-electron chi connectivity index (χ3n) is 3.08. The smallest absolute Gasteiger partial charge is 0.0195 e. The summed E-state index contributed by atoms with van der Waals surface area (Å²) in [4.78, 5) is 0. The van der Waals surface area contributed by atoms with Crippen molar-refractivity contribution in [2.45, 2.75) is 52.6 Å². The zero-order chi connectivity index (χ0) is 9.90. The van der Waals surface area contributed by atoms with Gasteiger partial charge in [0.2, 0.25) is 0 Å². The average Bonchev–Trinajstić information content (AvgIpc) is 2.04. The van der Waals surface area contributed by atoms with Crippen molar-refractivity contribution in [3.63, 3.8) is 0 Å². The quantitative estimate of drug-likeness (QED) is 0.683. The van der Waals surface area contributed by atoms with Crippen LogP contribution in [0.25, 0.3) is 0 Å². The minimum absolute atomic E-state index is 0.372. The Balaban J connectivity index is 2.30. The second kappa shape index (κ2) is 4.43. The third-order valence-corrected chi connectivity index (χ3v) is 3.08. The van der Waals surface area contributed by atoms with Crippen LogP contribution in [0.4, 0.5) is 0 Å². The lowest BCUT2D eigenvalue weighted by Gasteiger charge is -2.34. The molecule has 2 heteroatoms. The van der Waals surface area contributed by atoms with Crippen LogP contribution in [0.3, 0.4) is 0 Å². The molecule has 1 saturated heterocycles. The van der Waals surface area contributed by atoms with E-state index in [0.29, 0.717) is 17.5 Å². The molecule has 2 unspecified atom stereocenters. The fourth-order valence-corrected chi connectivity index (χ4v) is 1.60. The highest BCUT2D eigenvalue weighted by atomic mass is 15.0. The predicted octanol–water partition coefficient (Wildman–Crippen LogP) is 1.76. The largest absolute Gasteiger partial charge is 0.315 e. The van der Waals surface area contributed by atoms with Gasteiger partial charge in [0.15, 0.2) is 0 Å². The van der Waals surface area contributed by atoms with Crippen molar-refractivity contribution in [1.82, 2.24) is 10.6 Å². The standard InChI is InChI=1S/C11H24N2/c1-9(11(2,3)4)13-10-6-5-7-12-8-10/h9-10,12-13H,5-8H2,1-4H3. The Morgan fingerprint density at radius 3 is 2.54 bits per heavy atom. The van der Waals surface area contributed by atoms with Gasteiger partial charge in [-0.05, 0) is 31.7 Å². The van der Waals surface area contributed by atoms with Crippen molar-refractivity contribution < 1.29 is 0 Å². The molecular weight excluding hydrogens is 160 g/mol. The Labute approximate surface area is 82.5 Å². The van der Waals surface area contributed by atoms with Crippen molar-refractivity contribution in [2.24, 2.45) is 5.41 Å². The second-order valence-electron chi connectivity index (χ2n) is 5.30. The van der Waals surface area contributed by atoms with Crippen LogP contribution in [0.2, 0.25) is 0 Å². The van der Waals surface area contributed by atoms with E-state index in [0.717, 1.165) is 6.54 Å². The minimum atomic E-state index is 0.372. The third kappa shape index (κ3) is 3.65. The summed E-state index contributed by atoms with van der Waals surface area (Å²) in [5.41, 5.74) is 0.372. The van der Waals surface area contributed by atoms with Gasteiger partial charge in [-0.25, -0.2) is 0 Å². The van der Waals surface area contributed by atoms with Gasteiger partial charge >= 0.3 is 0 Å². The van der Waals surface area contributed by atoms with Crippen LogP contribution in [0.1, 0.15) is 40.5 Å². The normalized spacial score (nSPS) is 27.2. The second-order valence-corrected chi connectivity index (χ2v) is 5.30. The number of hydrogen-bond donors (Lipinski definition) is 2. The van der Waals surface area contributed by atoms with Crippen molar-refractivity contribution in [1.29, 1.82) is 0 Å². The van der Waals surface area contributed by atoms with Crippen molar-refractivity contribution in [2.75, 3.05) is 13.1 Å². The van der Waals surface area contributed by atoms with Gasteiger partial charge in [-0.2, -0.15) is 0 Å². The lowest BCUT2D eigenvalue weighted by molar-refractivity contribution is 0.244. The van der Waals surface area contributed by atoms with Crippen LogP contribution in [0.5, 0.6) is 0 Å². The molecule has 1 heterocycles. The van der Waals surface area contributed by atoms with Gasteiger partial charge in [0, 0.05) is 18.6 Å². The van der Waals surface area contributed by atoms with E-state index >= 15 is 0 Å². The molecule has 1 rings (SSSR count). The first kappa shape index (κ1) is 11.0. The van der Waals surface area contributed by atoms with E-state index in [1.54, 1.807) is 0 Å². The van der Waals surface area contributed by atoms with E-state index in [1.807, 2.05) is 0 Å². The summed E-state index contributed by atoms with van der Waals surface area (Å²) in [6.07, 6.45) is 2.64. The summed E-state index contributed by atoms with van der Waals surface area (Å²) < 4.78 is 0. The molecule has 0 amide bonds. The minimum Gasteiger partial charge on any atom is -0.315 e. The molecule has 2 atom stereocenters. The molecule has 1 aliphatic heterocycles. The number of nitrogens with one attached hydrogen (secondary N) is 2. The molecule has 0 radical (unpaired) electrons. The molecule has 0 aromatic rings. The van der Waals surface area contributed by atoms with Crippen LogP contribution >= 0.6 is 0 Å². The van der Waals surface area contributed by atoms with Gasteiger partial charge in [-0.3, -0.25) is 0 Å². The summed E-state index contributed by atoms with van der Waals surface area (Å²) in [7, 11) is 0. The van der Waals surface area contributed by atoms with E-state index in [1.165, 1.54) is 19.4 Å². The topological polar surface area (TPSA) is 24.1 Å². The summed E-state index contributed by atoms with van der Waals surface area (Å²) in [6, 6.07) is 1.28. The molecule has 78 valence electrons. The summed E-state index contributed by atoms with van der Waals surface area (Å²) >= 11 is 0. The molecule has 13 heavy (non-hydrogen) atoms. The number of hydrogen-bond acceptors (Lipinski definition) is 2. The summed E-state index contributed by atoms with van der Waals surface area (Å²) in [6.45, 7) is 11.5. The SMILES string of the molecule is CC(NC1CCCNC1)C(C)(C)C. The molecule has 0 spiro atoms. The first-order valence-electron chi connectivity index (χ1n) is 5.47. The van der Waals surface area contributed by atoms with Crippen LogP contribution in [-0.4, -0.2) is 25.2 Å². The maximum Gasteiger partial charge on any atom is 0.0195 e. The van der Waals surface area contributed by atoms with Crippen LogP contribution < -0.4 is 10.6 Å². The molecule has 0 saturated carbocycles. The van der Waals surface area contributed by atoms with Gasteiger partial charge in [-0.1, -0.05) is 20.8 Å². The van der Waals surface area contributed by atoms with Gasteiger partial charge in [0.1, 0.15) is 0 Å². The van der Waals surface area contributed by atoms with Crippen LogP contribution in [0.15, 0.2) is 0 Å². The van der Waals surface area contributed by atoms with E-state index in [2.05, 4.69) is 38.3 Å². The van der Waals surface area contributed by atoms with Gasteiger partial charge in [0.25, 0.3) is 0 Å². The van der Waals surface area contributed by atoms with Gasteiger partial charge in [0.05, 0.1) is 0 Å². The molecule has 0 aliphatic carbocycles. The Kier molecular flexibility index (Phi) is 3.74. The zero-order valence-electron chi connectivity index (χ0n) is 9.48. The molecule has 2 N–H and O–H groups in total. The fourth-order valence-electron chi connectivity index (χ4n) is 1.60. The highest BCUT2D eigenvalue weighted by Gasteiger charge is 2.23. The van der Waals surface area contributed by atoms with E-state index in [4.69, 9.17) is 0 Å². The lowest BCUT2D eigenvalue weighted by atomic mass is 9.87. The maximum absolute atomic E-state index is 3.70. The van der Waals surface area contributed by atoms with Gasteiger partial charge in [-0.15, -0.1) is 0 Å². The number of rotatable bonds is 2. The highest BCUT2D eigenvalue weighted by molar-refractivity contribution is 4.83. The van der Waals surface area contributed by atoms with Crippen LogP contribution in [0, 0.1) is 5.41 Å². The number of piperidine rings is 1. The Bertz CT molecular complexity index is 143. The lowest BCUT2D eigenvalue weighted by Crippen LogP contribution is -2.50. The summed E-state index contributed by atoms with van der Waals surface area (Å²) in [5.74, 6) is 0.